The number of halogens is 3. The smallest absolute Gasteiger partial charge is 0.319 e. The number of nitrogens with one attached hydrogen (secondary N) is 3. The molecule has 2 aromatic heterocycles. The number of aromatic nitrogens is 3. The summed E-state index contributed by atoms with van der Waals surface area (Å²) in [7, 11) is 0. The Hall–Kier alpha value is -2.58. The number of rotatable bonds is 2. The molecular weight excluding hydrogens is 265 g/mol. The van der Waals surface area contributed by atoms with Crippen molar-refractivity contribution in [3.8, 4) is 0 Å². The molecule has 0 spiro atoms. The number of H-pyrrole nitrogens is 2. The summed E-state index contributed by atoms with van der Waals surface area (Å²) >= 11 is 0. The summed E-state index contributed by atoms with van der Waals surface area (Å²) in [6, 6.07) is 1.45. The van der Waals surface area contributed by atoms with Gasteiger partial charge in [0.15, 0.2) is 0 Å². The van der Waals surface area contributed by atoms with Crippen LogP contribution in [-0.2, 0) is 6.18 Å². The van der Waals surface area contributed by atoms with Crippen molar-refractivity contribution in [3.63, 3.8) is 0 Å². The number of nitrogens with zero attached hydrogens (tertiary/aromatic N) is 1. The van der Waals surface area contributed by atoms with E-state index in [9.17, 15) is 22.8 Å². The van der Waals surface area contributed by atoms with Gasteiger partial charge >= 0.3 is 6.18 Å². The Bertz CT molecular complexity index is 646. The van der Waals surface area contributed by atoms with Crippen molar-refractivity contribution in [1.82, 2.24) is 15.2 Å². The molecule has 0 saturated heterocycles. The molecule has 0 aliphatic rings. The molecule has 2 rings (SSSR count). The fourth-order valence-electron chi connectivity index (χ4n) is 1.34. The third-order valence-electron chi connectivity index (χ3n) is 2.22. The molecule has 3 N–H and O–H groups in total. The number of carbonyl (C=O) groups excluding carboxylic acids is 1. The average Bonchev–Trinajstić information content (AvgIpc) is 2.80. The highest BCUT2D eigenvalue weighted by molar-refractivity contribution is 6.03. The fourth-order valence-corrected chi connectivity index (χ4v) is 1.34. The molecule has 2 heterocycles. The Morgan fingerprint density at radius 2 is 2.05 bits per heavy atom. The summed E-state index contributed by atoms with van der Waals surface area (Å²) in [5, 5.41) is 8.30. The SMILES string of the molecule is O=C(Nc1cn[nH]c1)c1ccc(C(F)(F)F)[nH]c1=O. The minimum Gasteiger partial charge on any atom is -0.319 e. The molecular formula is C10H7F3N4O2. The lowest BCUT2D eigenvalue weighted by molar-refractivity contribution is -0.141. The summed E-state index contributed by atoms with van der Waals surface area (Å²) in [4.78, 5) is 24.7. The number of hydrogen-bond acceptors (Lipinski definition) is 3. The summed E-state index contributed by atoms with van der Waals surface area (Å²) < 4.78 is 37.0. The van der Waals surface area contributed by atoms with E-state index in [0.717, 1.165) is 6.07 Å². The zero-order chi connectivity index (χ0) is 14.0. The van der Waals surface area contributed by atoms with Gasteiger partial charge in [0.1, 0.15) is 11.3 Å². The largest absolute Gasteiger partial charge is 0.431 e. The second-order valence-corrected chi connectivity index (χ2v) is 3.55. The number of carbonyl (C=O) groups is 1. The third-order valence-corrected chi connectivity index (χ3v) is 2.22. The minimum absolute atomic E-state index is 0.296. The number of alkyl halides is 3. The number of hydrogen-bond donors (Lipinski definition) is 3. The monoisotopic (exact) mass is 272 g/mol. The van der Waals surface area contributed by atoms with Crippen LogP contribution in [-0.4, -0.2) is 21.1 Å². The predicted octanol–water partition coefficient (Wildman–Crippen LogP) is 1.37. The molecule has 0 fully saturated rings. The quantitative estimate of drug-likeness (QED) is 0.771. The van der Waals surface area contributed by atoms with Crippen molar-refractivity contribution in [2.75, 3.05) is 5.32 Å². The van der Waals surface area contributed by atoms with Crippen molar-refractivity contribution in [2.45, 2.75) is 6.18 Å². The van der Waals surface area contributed by atoms with Gasteiger partial charge in [0, 0.05) is 6.20 Å². The van der Waals surface area contributed by atoms with Crippen molar-refractivity contribution in [2.24, 2.45) is 0 Å². The lowest BCUT2D eigenvalue weighted by atomic mass is 10.2. The van der Waals surface area contributed by atoms with Gasteiger partial charge in [-0.15, -0.1) is 0 Å². The van der Waals surface area contributed by atoms with Crippen LogP contribution < -0.4 is 10.9 Å². The molecule has 6 nitrogen and oxygen atoms in total. The van der Waals surface area contributed by atoms with E-state index >= 15 is 0 Å². The first-order valence-corrected chi connectivity index (χ1v) is 4.98. The molecule has 1 amide bonds. The van der Waals surface area contributed by atoms with Crippen molar-refractivity contribution in [1.29, 1.82) is 0 Å². The zero-order valence-corrected chi connectivity index (χ0v) is 9.21. The maximum absolute atomic E-state index is 12.3. The summed E-state index contributed by atoms with van der Waals surface area (Å²) in [5.41, 5.74) is -2.45. The fraction of sp³-hybridized carbons (Fsp3) is 0.100. The van der Waals surface area contributed by atoms with E-state index in [-0.39, 0.29) is 0 Å². The van der Waals surface area contributed by atoms with E-state index in [1.165, 1.54) is 12.4 Å². The highest BCUT2D eigenvalue weighted by Crippen LogP contribution is 2.26. The molecule has 9 heteroatoms. The van der Waals surface area contributed by atoms with E-state index < -0.39 is 28.9 Å². The normalized spacial score (nSPS) is 11.3. The van der Waals surface area contributed by atoms with Gasteiger partial charge in [-0.1, -0.05) is 0 Å². The molecule has 0 saturated carbocycles. The zero-order valence-electron chi connectivity index (χ0n) is 9.21. The maximum atomic E-state index is 12.3. The molecule has 2 aromatic rings. The van der Waals surface area contributed by atoms with Crippen LogP contribution in [0.2, 0.25) is 0 Å². The van der Waals surface area contributed by atoms with Crippen molar-refractivity contribution < 1.29 is 18.0 Å². The molecule has 0 unspecified atom stereocenters. The van der Waals surface area contributed by atoms with Gasteiger partial charge in [0.05, 0.1) is 11.9 Å². The van der Waals surface area contributed by atoms with Gasteiger partial charge in [-0.25, -0.2) is 0 Å². The summed E-state index contributed by atoms with van der Waals surface area (Å²) in [6.07, 6.45) is -2.02. The van der Waals surface area contributed by atoms with Gasteiger partial charge in [-0.05, 0) is 12.1 Å². The summed E-state index contributed by atoms with van der Waals surface area (Å²) in [6.45, 7) is 0. The number of amides is 1. The second kappa shape index (κ2) is 4.59. The molecule has 0 atom stereocenters. The topological polar surface area (TPSA) is 90.6 Å². The van der Waals surface area contributed by atoms with Crippen LogP contribution in [0.5, 0.6) is 0 Å². The first kappa shape index (κ1) is 12.9. The number of anilines is 1. The van der Waals surface area contributed by atoms with Crippen LogP contribution in [0.4, 0.5) is 18.9 Å². The van der Waals surface area contributed by atoms with Gasteiger partial charge in [-0.3, -0.25) is 14.7 Å². The van der Waals surface area contributed by atoms with E-state index in [0.29, 0.717) is 11.8 Å². The predicted molar refractivity (Wildman–Crippen MR) is 58.6 cm³/mol. The molecule has 0 bridgehead atoms. The van der Waals surface area contributed by atoms with Gasteiger partial charge in [0.25, 0.3) is 11.5 Å². The van der Waals surface area contributed by atoms with E-state index in [1.54, 1.807) is 4.98 Å². The second-order valence-electron chi connectivity index (χ2n) is 3.55. The van der Waals surface area contributed by atoms with Crippen LogP contribution in [0.1, 0.15) is 16.1 Å². The van der Waals surface area contributed by atoms with Crippen LogP contribution in [0.3, 0.4) is 0 Å². The molecule has 100 valence electrons. The van der Waals surface area contributed by atoms with Crippen molar-refractivity contribution in [3.05, 3.63) is 46.1 Å². The Morgan fingerprint density at radius 3 is 2.58 bits per heavy atom. The average molecular weight is 272 g/mol. The van der Waals surface area contributed by atoms with Crippen LogP contribution >= 0.6 is 0 Å². The molecule has 19 heavy (non-hydrogen) atoms. The Labute approximate surface area is 103 Å². The first-order chi connectivity index (χ1) is 8.88. The molecule has 0 radical (unpaired) electrons. The van der Waals surface area contributed by atoms with E-state index in [4.69, 9.17) is 0 Å². The highest BCUT2D eigenvalue weighted by atomic mass is 19.4. The summed E-state index contributed by atoms with van der Waals surface area (Å²) in [5.74, 6) is -0.823. The molecule has 0 aliphatic carbocycles. The van der Waals surface area contributed by atoms with E-state index in [2.05, 4.69) is 15.5 Å². The molecule has 0 aromatic carbocycles. The van der Waals surface area contributed by atoms with Gasteiger partial charge in [0.2, 0.25) is 0 Å². The molecule has 0 aliphatic heterocycles. The maximum Gasteiger partial charge on any atom is 0.431 e. The lowest BCUT2D eigenvalue weighted by Gasteiger charge is -2.07. The highest BCUT2D eigenvalue weighted by Gasteiger charge is 2.32. The Kier molecular flexibility index (Phi) is 3.11. The van der Waals surface area contributed by atoms with E-state index in [1.807, 2.05) is 0 Å². The van der Waals surface area contributed by atoms with Crippen LogP contribution in [0.25, 0.3) is 0 Å². The van der Waals surface area contributed by atoms with Gasteiger partial charge < -0.3 is 10.3 Å². The van der Waals surface area contributed by atoms with Gasteiger partial charge in [-0.2, -0.15) is 18.3 Å². The van der Waals surface area contributed by atoms with Crippen LogP contribution in [0, 0.1) is 0 Å². The number of pyridine rings is 1. The Balaban J connectivity index is 2.27. The lowest BCUT2D eigenvalue weighted by Crippen LogP contribution is -2.25. The first-order valence-electron chi connectivity index (χ1n) is 4.98. The minimum atomic E-state index is -4.67. The van der Waals surface area contributed by atoms with Crippen molar-refractivity contribution >= 4 is 11.6 Å². The third kappa shape index (κ3) is 2.81. The number of aromatic amines is 2. The van der Waals surface area contributed by atoms with Crippen LogP contribution in [0.15, 0.2) is 29.3 Å². The Morgan fingerprint density at radius 1 is 1.32 bits per heavy atom. The standard InChI is InChI=1S/C10H7F3N4O2/c11-10(12,13)7-2-1-6(9(19)17-7)8(18)16-5-3-14-15-4-5/h1-4H,(H,14,15)(H,16,18)(H,17,19).